The summed E-state index contributed by atoms with van der Waals surface area (Å²) in [6.45, 7) is 1.14. The summed E-state index contributed by atoms with van der Waals surface area (Å²) in [6, 6.07) is 8.18. The molecule has 1 aliphatic rings. The van der Waals surface area contributed by atoms with E-state index in [1.165, 1.54) is 21.6 Å². The van der Waals surface area contributed by atoms with Crippen LogP contribution in [0.4, 0.5) is 0 Å². The van der Waals surface area contributed by atoms with E-state index < -0.39 is 11.6 Å². The van der Waals surface area contributed by atoms with Gasteiger partial charge in [-0.2, -0.15) is 4.37 Å². The van der Waals surface area contributed by atoms with Gasteiger partial charge in [0.2, 0.25) is 0 Å². The minimum Gasteiger partial charge on any atom is -0.479 e. The van der Waals surface area contributed by atoms with E-state index in [9.17, 15) is 9.90 Å². The fourth-order valence-electron chi connectivity index (χ4n) is 3.40. The second-order valence-corrected chi connectivity index (χ2v) is 7.44. The molecule has 1 saturated heterocycles. The molecule has 0 radical (unpaired) electrons. The molecule has 136 valence electrons. The Morgan fingerprint density at radius 2 is 2.23 bits per heavy atom. The SMILES string of the molecule is O=C(O)C1(Cc2cn(CCc3nsc4ccccc34)nn2)CCCCO1. The first kappa shape index (κ1) is 17.1. The van der Waals surface area contributed by atoms with Gasteiger partial charge in [0.25, 0.3) is 0 Å². The zero-order chi connectivity index (χ0) is 18.0. The van der Waals surface area contributed by atoms with Crippen molar-refractivity contribution in [1.29, 1.82) is 0 Å². The molecule has 1 fully saturated rings. The molecule has 1 unspecified atom stereocenters. The van der Waals surface area contributed by atoms with Crippen molar-refractivity contribution in [2.45, 2.75) is 44.2 Å². The lowest BCUT2D eigenvalue weighted by atomic mass is 9.89. The molecule has 7 nitrogen and oxygen atoms in total. The van der Waals surface area contributed by atoms with Crippen molar-refractivity contribution in [3.63, 3.8) is 0 Å². The third-order valence-electron chi connectivity index (χ3n) is 4.83. The molecule has 26 heavy (non-hydrogen) atoms. The highest BCUT2D eigenvalue weighted by atomic mass is 32.1. The van der Waals surface area contributed by atoms with E-state index in [4.69, 9.17) is 4.74 Å². The summed E-state index contributed by atoms with van der Waals surface area (Å²) in [5.74, 6) is -0.916. The number of carboxylic acids is 1. The van der Waals surface area contributed by atoms with Gasteiger partial charge >= 0.3 is 5.97 Å². The maximum Gasteiger partial charge on any atom is 0.336 e. The van der Waals surface area contributed by atoms with Crippen molar-refractivity contribution in [2.75, 3.05) is 6.61 Å². The highest BCUT2D eigenvalue weighted by molar-refractivity contribution is 7.13. The highest BCUT2D eigenvalue weighted by Crippen LogP contribution is 2.29. The average Bonchev–Trinajstić information content (AvgIpc) is 3.27. The zero-order valence-corrected chi connectivity index (χ0v) is 15.1. The molecule has 3 heterocycles. The Kier molecular flexibility index (Phi) is 4.69. The van der Waals surface area contributed by atoms with E-state index in [1.807, 2.05) is 18.3 Å². The van der Waals surface area contributed by atoms with Crippen LogP contribution in [0.2, 0.25) is 0 Å². The second-order valence-electron chi connectivity index (χ2n) is 6.63. The lowest BCUT2D eigenvalue weighted by molar-refractivity contribution is -0.172. The number of benzene rings is 1. The molecular formula is C18H20N4O3S. The first-order valence-electron chi connectivity index (χ1n) is 8.76. The lowest BCUT2D eigenvalue weighted by Gasteiger charge is -2.32. The molecule has 3 aromatic rings. The predicted molar refractivity (Wildman–Crippen MR) is 97.2 cm³/mol. The summed E-state index contributed by atoms with van der Waals surface area (Å²) in [4.78, 5) is 11.7. The predicted octanol–water partition coefficient (Wildman–Crippen LogP) is 2.70. The molecule has 0 bridgehead atoms. The summed E-state index contributed by atoms with van der Waals surface area (Å²) in [6.07, 6.45) is 5.10. The van der Waals surface area contributed by atoms with Gasteiger partial charge in [0.15, 0.2) is 5.60 Å². The van der Waals surface area contributed by atoms with E-state index in [-0.39, 0.29) is 6.42 Å². The van der Waals surface area contributed by atoms with Gasteiger partial charge in [-0.3, -0.25) is 4.68 Å². The number of aliphatic carboxylic acids is 1. The number of carboxylic acid groups (broad SMARTS) is 1. The molecule has 1 aliphatic heterocycles. The van der Waals surface area contributed by atoms with Crippen molar-refractivity contribution >= 4 is 27.6 Å². The normalized spacial score (nSPS) is 20.5. The number of ether oxygens (including phenoxy) is 1. The van der Waals surface area contributed by atoms with Gasteiger partial charge in [-0.15, -0.1) is 5.10 Å². The molecule has 8 heteroatoms. The number of fused-ring (bicyclic) bond motifs is 1. The Bertz CT molecular complexity index is 914. The van der Waals surface area contributed by atoms with Crippen molar-refractivity contribution in [2.24, 2.45) is 0 Å². The number of carbonyl (C=O) groups is 1. The van der Waals surface area contributed by atoms with Crippen LogP contribution < -0.4 is 0 Å². The Hall–Kier alpha value is -2.32. The van der Waals surface area contributed by atoms with Crippen LogP contribution >= 0.6 is 11.5 Å². The number of aromatic nitrogens is 4. The van der Waals surface area contributed by atoms with Crippen LogP contribution in [0.15, 0.2) is 30.5 Å². The minimum atomic E-state index is -1.16. The monoisotopic (exact) mass is 372 g/mol. The number of nitrogens with zero attached hydrogens (tertiary/aromatic N) is 4. The number of rotatable bonds is 6. The molecule has 0 amide bonds. The zero-order valence-electron chi connectivity index (χ0n) is 14.3. The molecule has 1 N–H and O–H groups in total. The molecular weight excluding hydrogens is 352 g/mol. The number of hydrogen-bond donors (Lipinski definition) is 1. The number of aryl methyl sites for hydroxylation is 2. The molecule has 1 aromatic carbocycles. The third-order valence-corrected chi connectivity index (χ3v) is 5.69. The smallest absolute Gasteiger partial charge is 0.336 e. The Labute approximate surface area is 154 Å². The first-order valence-corrected chi connectivity index (χ1v) is 9.53. The standard InChI is InChI=1S/C18H20N4O3S/c23-17(24)18(8-3-4-10-25-18)11-13-12-22(21-19-13)9-7-15-14-5-1-2-6-16(14)26-20-15/h1-2,5-6,12H,3-4,7-11H2,(H,23,24). The van der Waals surface area contributed by atoms with E-state index in [0.717, 1.165) is 25.0 Å². The van der Waals surface area contributed by atoms with Gasteiger partial charge in [-0.25, -0.2) is 4.79 Å². The molecule has 0 saturated carbocycles. The summed E-state index contributed by atoms with van der Waals surface area (Å²) < 4.78 is 13.1. The van der Waals surface area contributed by atoms with Crippen LogP contribution in [0.3, 0.4) is 0 Å². The van der Waals surface area contributed by atoms with Crippen LogP contribution in [0.5, 0.6) is 0 Å². The maximum absolute atomic E-state index is 11.7. The van der Waals surface area contributed by atoms with Crippen molar-refractivity contribution in [3.8, 4) is 0 Å². The summed E-state index contributed by atoms with van der Waals surface area (Å²) in [5.41, 5.74) is 0.544. The molecule has 4 rings (SSSR count). The van der Waals surface area contributed by atoms with Crippen LogP contribution in [-0.4, -0.2) is 42.7 Å². The summed E-state index contributed by atoms with van der Waals surface area (Å²) in [5, 5.41) is 19.1. The van der Waals surface area contributed by atoms with Crippen molar-refractivity contribution in [3.05, 3.63) is 41.9 Å². The Morgan fingerprint density at radius 1 is 1.35 bits per heavy atom. The van der Waals surface area contributed by atoms with Gasteiger partial charge in [0.05, 0.1) is 16.1 Å². The largest absolute Gasteiger partial charge is 0.479 e. The van der Waals surface area contributed by atoms with Gasteiger partial charge < -0.3 is 9.84 Å². The van der Waals surface area contributed by atoms with Gasteiger partial charge in [0.1, 0.15) is 0 Å². The molecule has 1 atom stereocenters. The summed E-state index contributed by atoms with van der Waals surface area (Å²) >= 11 is 1.50. The van der Waals surface area contributed by atoms with Crippen LogP contribution in [0.25, 0.3) is 10.1 Å². The number of hydrogen-bond acceptors (Lipinski definition) is 6. The van der Waals surface area contributed by atoms with Crippen LogP contribution in [0.1, 0.15) is 30.7 Å². The van der Waals surface area contributed by atoms with Crippen molar-refractivity contribution in [1.82, 2.24) is 19.4 Å². The maximum atomic E-state index is 11.7. The van der Waals surface area contributed by atoms with Crippen LogP contribution in [0, 0.1) is 0 Å². The molecule has 0 spiro atoms. The van der Waals surface area contributed by atoms with E-state index in [0.29, 0.717) is 25.3 Å². The highest BCUT2D eigenvalue weighted by Gasteiger charge is 2.42. The molecule has 0 aliphatic carbocycles. The van der Waals surface area contributed by atoms with Gasteiger partial charge in [-0.05, 0) is 36.9 Å². The first-order chi connectivity index (χ1) is 12.7. The second kappa shape index (κ2) is 7.13. The minimum absolute atomic E-state index is 0.252. The van der Waals surface area contributed by atoms with E-state index in [2.05, 4.69) is 26.8 Å². The third kappa shape index (κ3) is 3.34. The molecule has 2 aromatic heterocycles. The van der Waals surface area contributed by atoms with E-state index >= 15 is 0 Å². The van der Waals surface area contributed by atoms with E-state index in [1.54, 1.807) is 4.68 Å². The average molecular weight is 372 g/mol. The van der Waals surface area contributed by atoms with Crippen molar-refractivity contribution < 1.29 is 14.6 Å². The van der Waals surface area contributed by atoms with Gasteiger partial charge in [-0.1, -0.05) is 23.4 Å². The quantitative estimate of drug-likeness (QED) is 0.715. The Balaban J connectivity index is 1.44. The van der Waals surface area contributed by atoms with Gasteiger partial charge in [0, 0.05) is 37.6 Å². The summed E-state index contributed by atoms with van der Waals surface area (Å²) in [7, 11) is 0. The Morgan fingerprint density at radius 3 is 3.04 bits per heavy atom. The lowest BCUT2D eigenvalue weighted by Crippen LogP contribution is -2.46. The van der Waals surface area contributed by atoms with Crippen LogP contribution in [-0.2, 0) is 28.9 Å². The fourth-order valence-corrected chi connectivity index (χ4v) is 4.22. The fraction of sp³-hybridized carbons (Fsp3) is 0.444. The topological polar surface area (TPSA) is 90.1 Å².